The second kappa shape index (κ2) is 10.7. The molecule has 0 fully saturated rings. The minimum absolute atomic E-state index is 0.432. The molecular weight excluding hydrogens is 342 g/mol. The van der Waals surface area contributed by atoms with E-state index in [9.17, 15) is 9.90 Å². The molecule has 0 aromatic heterocycles. The van der Waals surface area contributed by atoms with Crippen LogP contribution in [0.5, 0.6) is 5.75 Å². The molecule has 0 saturated carbocycles. The highest BCUT2D eigenvalue weighted by atomic mass is 16.5. The Bertz CT molecular complexity index is 687. The number of carboxylic acids is 1. The van der Waals surface area contributed by atoms with Gasteiger partial charge in [0.2, 0.25) is 0 Å². The highest BCUT2D eigenvalue weighted by Crippen LogP contribution is 2.14. The predicted molar refractivity (Wildman–Crippen MR) is 106 cm³/mol. The minimum Gasteiger partial charge on any atom is -0.494 e. The van der Waals surface area contributed by atoms with Crippen LogP contribution in [0.2, 0.25) is 0 Å². The number of benzene rings is 2. The van der Waals surface area contributed by atoms with Crippen LogP contribution in [0, 0.1) is 0 Å². The average molecular weight is 371 g/mol. The molecule has 0 unspecified atom stereocenters. The quantitative estimate of drug-likeness (QED) is 0.500. The Kier molecular flexibility index (Phi) is 8.30. The third kappa shape index (κ3) is 7.04. The maximum absolute atomic E-state index is 11.1. The van der Waals surface area contributed by atoms with E-state index in [-0.39, 0.29) is 0 Å². The molecule has 0 aliphatic heterocycles. The second-order valence-electron chi connectivity index (χ2n) is 6.91. The molecular formula is C22H29NO4. The fourth-order valence-corrected chi connectivity index (χ4v) is 2.72. The summed E-state index contributed by atoms with van der Waals surface area (Å²) in [6.45, 7) is 2.27. The van der Waals surface area contributed by atoms with Gasteiger partial charge in [-0.05, 0) is 62.4 Å². The molecule has 5 nitrogen and oxygen atoms in total. The summed E-state index contributed by atoms with van der Waals surface area (Å²) in [4.78, 5) is 11.1. The first-order valence-electron chi connectivity index (χ1n) is 9.38. The fourth-order valence-electron chi connectivity index (χ4n) is 2.72. The first kappa shape index (κ1) is 20.9. The number of aliphatic hydroxyl groups excluding tert-OH is 1. The SMILES string of the molecule is C[C@@](CO)(NCCCc1ccc(OCCCc2ccccc2)cc1)C(=O)O. The van der Waals surface area contributed by atoms with Crippen LogP contribution in [-0.2, 0) is 17.6 Å². The Hall–Kier alpha value is -2.37. The molecule has 1 atom stereocenters. The maximum atomic E-state index is 11.1. The van der Waals surface area contributed by atoms with Gasteiger partial charge in [-0.3, -0.25) is 4.79 Å². The van der Waals surface area contributed by atoms with Crippen LogP contribution in [0.25, 0.3) is 0 Å². The predicted octanol–water partition coefficient (Wildman–Crippen LogP) is 3.06. The van der Waals surface area contributed by atoms with E-state index < -0.39 is 18.1 Å². The summed E-state index contributed by atoms with van der Waals surface area (Å²) < 4.78 is 5.79. The third-order valence-corrected chi connectivity index (χ3v) is 4.59. The van der Waals surface area contributed by atoms with Crippen molar-refractivity contribution in [1.82, 2.24) is 5.32 Å². The van der Waals surface area contributed by atoms with Gasteiger partial charge in [-0.2, -0.15) is 0 Å². The Labute approximate surface area is 161 Å². The van der Waals surface area contributed by atoms with Crippen molar-refractivity contribution < 1.29 is 19.7 Å². The van der Waals surface area contributed by atoms with Crippen molar-refractivity contribution in [3.8, 4) is 5.75 Å². The zero-order valence-electron chi connectivity index (χ0n) is 15.9. The molecule has 2 aromatic rings. The van der Waals surface area contributed by atoms with E-state index in [4.69, 9.17) is 9.84 Å². The van der Waals surface area contributed by atoms with Crippen molar-refractivity contribution >= 4 is 5.97 Å². The fraction of sp³-hybridized carbons (Fsp3) is 0.409. The molecule has 2 aromatic carbocycles. The molecule has 2 rings (SSSR count). The smallest absolute Gasteiger partial charge is 0.326 e. The summed E-state index contributed by atoms with van der Waals surface area (Å²) in [6.07, 6.45) is 3.61. The van der Waals surface area contributed by atoms with Crippen LogP contribution >= 0.6 is 0 Å². The van der Waals surface area contributed by atoms with Crippen molar-refractivity contribution in [2.45, 2.75) is 38.1 Å². The minimum atomic E-state index is -1.28. The van der Waals surface area contributed by atoms with E-state index in [1.165, 1.54) is 18.1 Å². The molecule has 27 heavy (non-hydrogen) atoms. The van der Waals surface area contributed by atoms with Crippen molar-refractivity contribution in [2.24, 2.45) is 0 Å². The van der Waals surface area contributed by atoms with Gasteiger partial charge in [-0.1, -0.05) is 42.5 Å². The van der Waals surface area contributed by atoms with Crippen molar-refractivity contribution in [3.05, 3.63) is 65.7 Å². The number of aliphatic carboxylic acids is 1. The molecule has 0 spiro atoms. The number of aliphatic hydroxyl groups is 1. The highest BCUT2D eigenvalue weighted by Gasteiger charge is 2.31. The molecule has 3 N–H and O–H groups in total. The number of hydrogen-bond acceptors (Lipinski definition) is 4. The largest absolute Gasteiger partial charge is 0.494 e. The van der Waals surface area contributed by atoms with Crippen LogP contribution in [0.4, 0.5) is 0 Å². The van der Waals surface area contributed by atoms with E-state index in [1.807, 2.05) is 30.3 Å². The molecule has 0 heterocycles. The Balaban J connectivity index is 1.65. The normalized spacial score (nSPS) is 13.1. The second-order valence-corrected chi connectivity index (χ2v) is 6.91. The maximum Gasteiger partial charge on any atom is 0.326 e. The molecule has 0 aliphatic rings. The number of rotatable bonds is 12. The zero-order chi connectivity index (χ0) is 19.5. The van der Waals surface area contributed by atoms with Gasteiger partial charge in [-0.15, -0.1) is 0 Å². The molecule has 0 saturated heterocycles. The Morgan fingerprint density at radius 3 is 2.26 bits per heavy atom. The van der Waals surface area contributed by atoms with Gasteiger partial charge in [0.1, 0.15) is 11.3 Å². The van der Waals surface area contributed by atoms with E-state index in [2.05, 4.69) is 29.6 Å². The van der Waals surface area contributed by atoms with Crippen LogP contribution in [0.1, 0.15) is 30.9 Å². The monoisotopic (exact) mass is 371 g/mol. The van der Waals surface area contributed by atoms with Crippen LogP contribution in [0.3, 0.4) is 0 Å². The Morgan fingerprint density at radius 2 is 1.63 bits per heavy atom. The van der Waals surface area contributed by atoms with E-state index in [1.54, 1.807) is 0 Å². The molecule has 146 valence electrons. The number of carbonyl (C=O) groups is 1. The van der Waals surface area contributed by atoms with Crippen molar-refractivity contribution in [2.75, 3.05) is 19.8 Å². The van der Waals surface area contributed by atoms with Crippen LogP contribution in [0.15, 0.2) is 54.6 Å². The van der Waals surface area contributed by atoms with Crippen molar-refractivity contribution in [3.63, 3.8) is 0 Å². The lowest BCUT2D eigenvalue weighted by Gasteiger charge is -2.23. The summed E-state index contributed by atoms with van der Waals surface area (Å²) in [5.41, 5.74) is 1.22. The molecule has 5 heteroatoms. The zero-order valence-corrected chi connectivity index (χ0v) is 15.9. The van der Waals surface area contributed by atoms with Crippen molar-refractivity contribution in [1.29, 1.82) is 0 Å². The van der Waals surface area contributed by atoms with Gasteiger partial charge in [-0.25, -0.2) is 0 Å². The summed E-state index contributed by atoms with van der Waals surface area (Å²) in [7, 11) is 0. The van der Waals surface area contributed by atoms with Gasteiger partial charge in [0, 0.05) is 0 Å². The lowest BCUT2D eigenvalue weighted by molar-refractivity contribution is -0.145. The number of aryl methyl sites for hydroxylation is 2. The summed E-state index contributed by atoms with van der Waals surface area (Å²) in [5.74, 6) is -0.178. The Morgan fingerprint density at radius 1 is 1.00 bits per heavy atom. The van der Waals surface area contributed by atoms with Gasteiger partial charge in [0.25, 0.3) is 0 Å². The van der Waals surface area contributed by atoms with Gasteiger partial charge < -0.3 is 20.3 Å². The van der Waals surface area contributed by atoms with Gasteiger partial charge in [0.05, 0.1) is 13.2 Å². The van der Waals surface area contributed by atoms with E-state index in [0.29, 0.717) is 13.2 Å². The lowest BCUT2D eigenvalue weighted by atomic mass is 10.0. The number of hydrogen-bond donors (Lipinski definition) is 3. The topological polar surface area (TPSA) is 78.8 Å². The molecule has 0 radical (unpaired) electrons. The first-order chi connectivity index (χ1) is 13.0. The summed E-state index contributed by atoms with van der Waals surface area (Å²) in [6, 6.07) is 18.4. The standard InChI is InChI=1S/C22H29NO4/c1-22(17-24,21(25)26)23-15-5-9-19-11-13-20(14-12-19)27-16-6-10-18-7-3-2-4-8-18/h2-4,7-8,11-14,23-24H,5-6,9-10,15-17H2,1H3,(H,25,26)/t22-/m0/s1. The summed E-state index contributed by atoms with van der Waals surface area (Å²) in [5, 5.41) is 21.2. The van der Waals surface area contributed by atoms with Crippen LogP contribution in [-0.4, -0.2) is 41.5 Å². The average Bonchev–Trinajstić information content (AvgIpc) is 2.70. The molecule has 0 aliphatic carbocycles. The number of nitrogens with one attached hydrogen (secondary N) is 1. The number of ether oxygens (including phenoxy) is 1. The third-order valence-electron chi connectivity index (χ3n) is 4.59. The van der Waals surface area contributed by atoms with Gasteiger partial charge in [0.15, 0.2) is 0 Å². The molecule has 0 bridgehead atoms. The lowest BCUT2D eigenvalue weighted by Crippen LogP contribution is -2.52. The summed E-state index contributed by atoms with van der Waals surface area (Å²) >= 11 is 0. The van der Waals surface area contributed by atoms with Gasteiger partial charge >= 0.3 is 5.97 Å². The highest BCUT2D eigenvalue weighted by molar-refractivity contribution is 5.78. The molecule has 0 amide bonds. The van der Waals surface area contributed by atoms with E-state index in [0.717, 1.165) is 31.4 Å². The van der Waals surface area contributed by atoms with Crippen LogP contribution < -0.4 is 10.1 Å². The van der Waals surface area contributed by atoms with E-state index >= 15 is 0 Å². The first-order valence-corrected chi connectivity index (χ1v) is 9.38. The number of carboxylic acid groups (broad SMARTS) is 1.